The molecule has 1 amide bonds. The summed E-state index contributed by atoms with van der Waals surface area (Å²) in [6, 6.07) is 5.75. The van der Waals surface area contributed by atoms with Gasteiger partial charge in [0.1, 0.15) is 11.6 Å². The lowest BCUT2D eigenvalue weighted by molar-refractivity contribution is 0.0949. The number of rotatable bonds is 4. The molecule has 0 atom stereocenters. The normalized spacial score (nSPS) is 10.7. The largest absolute Gasteiger partial charge is 0.383 e. The van der Waals surface area contributed by atoms with Crippen molar-refractivity contribution in [3.05, 3.63) is 41.8 Å². The van der Waals surface area contributed by atoms with Gasteiger partial charge >= 0.3 is 0 Å². The molecule has 1 aromatic carbocycles. The van der Waals surface area contributed by atoms with Gasteiger partial charge in [0.05, 0.1) is 5.56 Å². The Hall–Kier alpha value is -2.50. The van der Waals surface area contributed by atoms with Crippen molar-refractivity contribution in [3.8, 4) is 11.4 Å². The van der Waals surface area contributed by atoms with Crippen LogP contribution in [-0.2, 0) is 0 Å². The van der Waals surface area contributed by atoms with E-state index in [0.717, 1.165) is 0 Å². The molecule has 0 bridgehead atoms. The van der Waals surface area contributed by atoms with E-state index < -0.39 is 0 Å². The zero-order chi connectivity index (χ0) is 15.4. The average Bonchev–Trinajstić information content (AvgIpc) is 2.45. The third kappa shape index (κ3) is 3.75. The molecule has 0 saturated heterocycles. The molecular weight excluding hydrogens is 271 g/mol. The number of carbonyl (C=O) groups is 1. The van der Waals surface area contributed by atoms with Crippen LogP contribution < -0.4 is 11.1 Å². The van der Waals surface area contributed by atoms with Crippen molar-refractivity contribution < 1.29 is 9.18 Å². The highest BCUT2D eigenvalue weighted by Crippen LogP contribution is 2.18. The van der Waals surface area contributed by atoms with E-state index in [1.807, 2.05) is 13.8 Å². The zero-order valence-electron chi connectivity index (χ0n) is 11.9. The van der Waals surface area contributed by atoms with E-state index in [9.17, 15) is 9.18 Å². The molecule has 110 valence electrons. The minimum Gasteiger partial charge on any atom is -0.383 e. The number of anilines is 1. The Balaban J connectivity index is 2.21. The van der Waals surface area contributed by atoms with Crippen molar-refractivity contribution in [3.63, 3.8) is 0 Å². The van der Waals surface area contributed by atoms with Crippen molar-refractivity contribution >= 4 is 11.7 Å². The van der Waals surface area contributed by atoms with Gasteiger partial charge in [0, 0.05) is 18.3 Å². The fraction of sp³-hybridized carbons (Fsp3) is 0.267. The highest BCUT2D eigenvalue weighted by Gasteiger charge is 2.13. The molecule has 0 aliphatic carbocycles. The first-order valence-corrected chi connectivity index (χ1v) is 6.64. The number of nitrogens with one attached hydrogen (secondary N) is 1. The van der Waals surface area contributed by atoms with Gasteiger partial charge in [-0.3, -0.25) is 4.79 Å². The summed E-state index contributed by atoms with van der Waals surface area (Å²) < 4.78 is 12.9. The van der Waals surface area contributed by atoms with E-state index >= 15 is 0 Å². The minimum absolute atomic E-state index is 0.102. The fourth-order valence-electron chi connectivity index (χ4n) is 1.70. The molecule has 0 saturated carbocycles. The number of amides is 1. The molecule has 0 unspecified atom stereocenters. The second-order valence-corrected chi connectivity index (χ2v) is 5.10. The number of hydrogen-bond donors (Lipinski definition) is 2. The second-order valence-electron chi connectivity index (χ2n) is 5.10. The maximum atomic E-state index is 12.9. The fourth-order valence-corrected chi connectivity index (χ4v) is 1.70. The maximum Gasteiger partial charge on any atom is 0.256 e. The van der Waals surface area contributed by atoms with Gasteiger partial charge in [-0.1, -0.05) is 13.8 Å². The lowest BCUT2D eigenvalue weighted by Crippen LogP contribution is -2.28. The van der Waals surface area contributed by atoms with Gasteiger partial charge in [0.25, 0.3) is 5.91 Å². The van der Waals surface area contributed by atoms with E-state index in [2.05, 4.69) is 15.3 Å². The van der Waals surface area contributed by atoms with Crippen LogP contribution in [0.15, 0.2) is 30.5 Å². The molecule has 0 aliphatic heterocycles. The third-order valence-electron chi connectivity index (χ3n) is 2.84. The highest BCUT2D eigenvalue weighted by molar-refractivity contribution is 5.98. The quantitative estimate of drug-likeness (QED) is 0.904. The number of carbonyl (C=O) groups excluding carboxylic acids is 1. The van der Waals surface area contributed by atoms with Gasteiger partial charge in [-0.2, -0.15) is 0 Å². The molecule has 21 heavy (non-hydrogen) atoms. The summed E-state index contributed by atoms with van der Waals surface area (Å²) in [6.45, 7) is 4.55. The number of hydrogen-bond acceptors (Lipinski definition) is 4. The highest BCUT2D eigenvalue weighted by atomic mass is 19.1. The lowest BCUT2D eigenvalue weighted by Gasteiger charge is -2.09. The second kappa shape index (κ2) is 6.30. The summed E-state index contributed by atoms with van der Waals surface area (Å²) in [5.74, 6) is 0.163. The lowest BCUT2D eigenvalue weighted by atomic mass is 10.2. The Labute approximate surface area is 122 Å². The summed E-state index contributed by atoms with van der Waals surface area (Å²) in [6.07, 6.45) is 1.39. The van der Waals surface area contributed by atoms with Gasteiger partial charge in [0.15, 0.2) is 5.82 Å². The molecular formula is C15H17FN4O. The molecule has 1 aromatic heterocycles. The Morgan fingerprint density at radius 2 is 2.00 bits per heavy atom. The van der Waals surface area contributed by atoms with Crippen LogP contribution in [0.1, 0.15) is 24.2 Å². The number of nitrogen functional groups attached to an aromatic ring is 1. The van der Waals surface area contributed by atoms with Crippen molar-refractivity contribution in [1.82, 2.24) is 15.3 Å². The first kappa shape index (κ1) is 14.9. The maximum absolute atomic E-state index is 12.9. The number of nitrogens with zero attached hydrogens (tertiary/aromatic N) is 2. The van der Waals surface area contributed by atoms with Crippen LogP contribution in [0.4, 0.5) is 10.2 Å². The predicted octanol–water partition coefficient (Wildman–Crippen LogP) is 2.25. The number of benzene rings is 1. The molecule has 6 heteroatoms. The van der Waals surface area contributed by atoms with Gasteiger partial charge in [0.2, 0.25) is 0 Å². The number of nitrogens with two attached hydrogens (primary N) is 1. The van der Waals surface area contributed by atoms with E-state index in [1.165, 1.54) is 18.3 Å². The summed E-state index contributed by atoms with van der Waals surface area (Å²) in [5.41, 5.74) is 6.68. The topological polar surface area (TPSA) is 80.9 Å². The van der Waals surface area contributed by atoms with Crippen LogP contribution in [0.25, 0.3) is 11.4 Å². The Kier molecular flexibility index (Phi) is 4.47. The smallest absolute Gasteiger partial charge is 0.256 e. The van der Waals surface area contributed by atoms with E-state index in [0.29, 0.717) is 23.9 Å². The van der Waals surface area contributed by atoms with Crippen LogP contribution in [0.5, 0.6) is 0 Å². The van der Waals surface area contributed by atoms with Gasteiger partial charge in [-0.05, 0) is 30.2 Å². The van der Waals surface area contributed by atoms with Gasteiger partial charge in [-0.25, -0.2) is 14.4 Å². The van der Waals surface area contributed by atoms with Crippen LogP contribution in [0.2, 0.25) is 0 Å². The van der Waals surface area contributed by atoms with E-state index in [4.69, 9.17) is 5.73 Å². The zero-order valence-corrected chi connectivity index (χ0v) is 11.9. The van der Waals surface area contributed by atoms with Crippen LogP contribution in [-0.4, -0.2) is 22.4 Å². The molecule has 0 radical (unpaired) electrons. The number of halogens is 1. The molecule has 3 N–H and O–H groups in total. The van der Waals surface area contributed by atoms with Crippen molar-refractivity contribution in [2.75, 3.05) is 12.3 Å². The third-order valence-corrected chi connectivity index (χ3v) is 2.84. The summed E-state index contributed by atoms with van der Waals surface area (Å²) in [4.78, 5) is 20.2. The van der Waals surface area contributed by atoms with Crippen molar-refractivity contribution in [1.29, 1.82) is 0 Å². The standard InChI is InChI=1S/C15H17FN4O/c1-9(2)7-19-15(21)12-8-18-14(20-13(12)17)10-3-5-11(16)6-4-10/h3-6,8-9H,7H2,1-2H3,(H,19,21)(H2,17,18,20). The first-order chi connectivity index (χ1) is 9.97. The Bertz CT molecular complexity index is 641. The van der Waals surface area contributed by atoms with Crippen molar-refractivity contribution in [2.24, 2.45) is 5.92 Å². The predicted molar refractivity (Wildman–Crippen MR) is 79.0 cm³/mol. The number of aromatic nitrogens is 2. The monoisotopic (exact) mass is 288 g/mol. The Morgan fingerprint density at radius 3 is 2.57 bits per heavy atom. The average molecular weight is 288 g/mol. The van der Waals surface area contributed by atoms with E-state index in [-0.39, 0.29) is 23.1 Å². The van der Waals surface area contributed by atoms with E-state index in [1.54, 1.807) is 12.1 Å². The Morgan fingerprint density at radius 1 is 1.33 bits per heavy atom. The molecule has 2 aromatic rings. The molecule has 5 nitrogen and oxygen atoms in total. The molecule has 1 heterocycles. The molecule has 0 spiro atoms. The summed E-state index contributed by atoms with van der Waals surface area (Å²) >= 11 is 0. The van der Waals surface area contributed by atoms with Gasteiger partial charge < -0.3 is 11.1 Å². The van der Waals surface area contributed by atoms with Crippen molar-refractivity contribution in [2.45, 2.75) is 13.8 Å². The van der Waals surface area contributed by atoms with Gasteiger partial charge in [-0.15, -0.1) is 0 Å². The summed E-state index contributed by atoms with van der Waals surface area (Å²) in [7, 11) is 0. The van der Waals surface area contributed by atoms with Crippen LogP contribution in [0.3, 0.4) is 0 Å². The first-order valence-electron chi connectivity index (χ1n) is 6.64. The molecule has 2 rings (SSSR count). The summed E-state index contributed by atoms with van der Waals surface area (Å²) in [5, 5.41) is 2.76. The van der Waals surface area contributed by atoms with Crippen LogP contribution in [0, 0.1) is 11.7 Å². The SMILES string of the molecule is CC(C)CNC(=O)c1cnc(-c2ccc(F)cc2)nc1N. The van der Waals surface area contributed by atoms with Crippen LogP contribution >= 0.6 is 0 Å². The minimum atomic E-state index is -0.337. The molecule has 0 aliphatic rings. The molecule has 0 fully saturated rings.